The lowest BCUT2D eigenvalue weighted by Crippen LogP contribution is -2.16. The number of hydrogen-bond acceptors (Lipinski definition) is 10. The number of nitrogens with zero attached hydrogens (tertiary/aromatic N) is 1. The Morgan fingerprint density at radius 3 is 2.11 bits per heavy atom. The van der Waals surface area contributed by atoms with E-state index in [0.29, 0.717) is 30.6 Å². The van der Waals surface area contributed by atoms with Crippen LogP contribution in [0.1, 0.15) is 53.3 Å². The molecule has 11 nitrogen and oxygen atoms in total. The van der Waals surface area contributed by atoms with Crippen LogP contribution in [0.25, 0.3) is 0 Å². The SMILES string of the molecule is CS(=O)(=O)Nc1ccc(C(=O)O[C@@H](Cc2c(OCl)cncc2OCl)c2ccc(OC(F)F)c(OCC3CC3)c2)cc1OCC1CC1. The van der Waals surface area contributed by atoms with Crippen molar-refractivity contribution in [3.05, 3.63) is 65.5 Å². The Bertz CT molecular complexity index is 1640. The molecule has 3 aromatic rings. The first-order chi connectivity index (χ1) is 22.0. The van der Waals surface area contributed by atoms with Crippen molar-refractivity contribution in [2.24, 2.45) is 11.8 Å². The quantitative estimate of drug-likeness (QED) is 0.149. The van der Waals surface area contributed by atoms with Crippen molar-refractivity contribution < 1.29 is 49.5 Å². The van der Waals surface area contributed by atoms with Gasteiger partial charge in [-0.1, -0.05) is 6.07 Å². The maximum absolute atomic E-state index is 13.6. The summed E-state index contributed by atoms with van der Waals surface area (Å²) in [6.07, 6.45) is 6.28. The van der Waals surface area contributed by atoms with E-state index in [9.17, 15) is 22.0 Å². The van der Waals surface area contributed by atoms with Crippen LogP contribution >= 0.6 is 23.7 Å². The van der Waals surface area contributed by atoms with Gasteiger partial charge in [-0.3, -0.25) is 9.71 Å². The molecule has 1 heterocycles. The van der Waals surface area contributed by atoms with Crippen molar-refractivity contribution in [2.75, 3.05) is 24.2 Å². The minimum Gasteiger partial charge on any atom is -0.491 e. The highest BCUT2D eigenvalue weighted by Crippen LogP contribution is 2.40. The van der Waals surface area contributed by atoms with Crippen LogP contribution in [0.15, 0.2) is 48.8 Å². The number of esters is 1. The summed E-state index contributed by atoms with van der Waals surface area (Å²) in [6, 6.07) is 8.36. The molecule has 0 radical (unpaired) electrons. The lowest BCUT2D eigenvalue weighted by molar-refractivity contribution is -0.0515. The third-order valence-electron chi connectivity index (χ3n) is 7.19. The average molecular weight is 704 g/mol. The molecular formula is C30H30Cl2F2N2O9S. The molecule has 2 aromatic carbocycles. The number of sulfonamides is 1. The molecule has 0 saturated heterocycles. The molecule has 1 N–H and O–H groups in total. The minimum absolute atomic E-state index is 0.0371. The number of benzene rings is 2. The molecule has 0 unspecified atom stereocenters. The smallest absolute Gasteiger partial charge is 0.387 e. The van der Waals surface area contributed by atoms with Crippen LogP contribution in [0.3, 0.4) is 0 Å². The van der Waals surface area contributed by atoms with Crippen LogP contribution in [-0.4, -0.2) is 45.5 Å². The van der Waals surface area contributed by atoms with Crippen LogP contribution in [-0.2, 0) is 21.2 Å². The molecule has 0 aliphatic heterocycles. The number of carbonyl (C=O) groups excluding carboxylic acids is 1. The highest BCUT2D eigenvalue weighted by molar-refractivity contribution is 7.92. The van der Waals surface area contributed by atoms with E-state index in [2.05, 4.69) is 14.4 Å². The van der Waals surface area contributed by atoms with Gasteiger partial charge in [0.1, 0.15) is 35.6 Å². The summed E-state index contributed by atoms with van der Waals surface area (Å²) in [5.74, 6) is -0.0298. The third-order valence-corrected chi connectivity index (χ3v) is 8.12. The second-order valence-electron chi connectivity index (χ2n) is 11.0. The number of aromatic nitrogens is 1. The Balaban J connectivity index is 1.49. The van der Waals surface area contributed by atoms with Gasteiger partial charge >= 0.3 is 12.6 Å². The summed E-state index contributed by atoms with van der Waals surface area (Å²) in [4.78, 5) is 17.6. The van der Waals surface area contributed by atoms with Gasteiger partial charge in [0.2, 0.25) is 10.0 Å². The van der Waals surface area contributed by atoms with Gasteiger partial charge in [0.15, 0.2) is 23.0 Å². The van der Waals surface area contributed by atoms with Crippen LogP contribution < -0.4 is 27.5 Å². The largest absolute Gasteiger partial charge is 0.491 e. The van der Waals surface area contributed by atoms with Gasteiger partial charge in [-0.2, -0.15) is 8.78 Å². The topological polar surface area (TPSA) is 132 Å². The standard InChI is InChI=1S/C30H30Cl2F2N2O9S/c1-46(38,39)36-22-8-6-20(11-25(22)40-15-17-2-3-17)29(37)42-24(12-21-27(44-31)13-35-14-28(21)45-32)19-7-9-23(43-30(33)34)26(10-19)41-16-18-4-5-18/h6-11,13-14,17-18,24,30,36H,2-5,12,15-16H2,1H3/t24-/m0/s1. The maximum Gasteiger partial charge on any atom is 0.387 e. The molecule has 2 saturated carbocycles. The van der Waals surface area contributed by atoms with Gasteiger partial charge in [-0.15, -0.1) is 0 Å². The van der Waals surface area contributed by atoms with E-state index in [-0.39, 0.29) is 52.0 Å². The summed E-state index contributed by atoms with van der Waals surface area (Å²) in [7, 11) is -3.65. The molecule has 16 heteroatoms. The fraction of sp³-hybridized carbons (Fsp3) is 0.400. The number of rotatable bonds is 17. The summed E-state index contributed by atoms with van der Waals surface area (Å²) in [5.41, 5.74) is 0.842. The van der Waals surface area contributed by atoms with E-state index in [1.54, 1.807) is 0 Å². The van der Waals surface area contributed by atoms with Crippen LogP contribution in [0.2, 0.25) is 0 Å². The first-order valence-electron chi connectivity index (χ1n) is 14.2. The normalized spacial score (nSPS) is 15.2. The molecule has 5 rings (SSSR count). The average Bonchev–Trinajstić information content (AvgIpc) is 3.94. The zero-order valence-electron chi connectivity index (χ0n) is 24.4. The van der Waals surface area contributed by atoms with Gasteiger partial charge in [0, 0.05) is 12.0 Å². The number of ether oxygens (including phenoxy) is 4. The van der Waals surface area contributed by atoms with Gasteiger partial charge in [0.25, 0.3) is 0 Å². The number of carbonyl (C=O) groups is 1. The van der Waals surface area contributed by atoms with Gasteiger partial charge in [0.05, 0.1) is 43.1 Å². The monoisotopic (exact) mass is 702 g/mol. The van der Waals surface area contributed by atoms with Crippen molar-refractivity contribution in [1.82, 2.24) is 4.98 Å². The lowest BCUT2D eigenvalue weighted by atomic mass is 10.00. The van der Waals surface area contributed by atoms with E-state index in [4.69, 9.17) is 46.5 Å². The van der Waals surface area contributed by atoms with Crippen molar-refractivity contribution in [2.45, 2.75) is 44.8 Å². The number of hydrogen-bond donors (Lipinski definition) is 1. The Hall–Kier alpha value is -3.75. The number of nitrogens with one attached hydrogen (secondary N) is 1. The molecule has 1 atom stereocenters. The fourth-order valence-electron chi connectivity index (χ4n) is 4.46. The summed E-state index contributed by atoms with van der Waals surface area (Å²) < 4.78 is 84.8. The maximum atomic E-state index is 13.6. The summed E-state index contributed by atoms with van der Waals surface area (Å²) in [5, 5.41) is 0. The van der Waals surface area contributed by atoms with E-state index >= 15 is 0 Å². The predicted molar refractivity (Wildman–Crippen MR) is 163 cm³/mol. The molecular weight excluding hydrogens is 673 g/mol. The minimum atomic E-state index is -3.65. The first kappa shape index (κ1) is 33.6. The number of halogens is 4. The molecule has 2 aliphatic rings. The molecule has 0 amide bonds. The Morgan fingerprint density at radius 1 is 0.913 bits per heavy atom. The molecule has 46 heavy (non-hydrogen) atoms. The molecule has 0 bridgehead atoms. The number of alkyl halides is 2. The van der Waals surface area contributed by atoms with Crippen LogP contribution in [0.4, 0.5) is 14.5 Å². The van der Waals surface area contributed by atoms with E-state index < -0.39 is 28.7 Å². The van der Waals surface area contributed by atoms with Crippen molar-refractivity contribution >= 4 is 45.4 Å². The van der Waals surface area contributed by atoms with E-state index in [1.807, 2.05) is 0 Å². The van der Waals surface area contributed by atoms with Gasteiger partial charge < -0.3 is 27.5 Å². The van der Waals surface area contributed by atoms with E-state index in [0.717, 1.165) is 31.9 Å². The van der Waals surface area contributed by atoms with Crippen LogP contribution in [0.5, 0.6) is 28.7 Å². The highest BCUT2D eigenvalue weighted by atomic mass is 35.5. The number of pyridine rings is 1. The zero-order chi connectivity index (χ0) is 32.8. The molecule has 2 fully saturated rings. The predicted octanol–water partition coefficient (Wildman–Crippen LogP) is 6.84. The fourth-order valence-corrected chi connectivity index (χ4v) is 5.30. The first-order valence-corrected chi connectivity index (χ1v) is 16.7. The zero-order valence-corrected chi connectivity index (χ0v) is 26.7. The molecule has 2 aliphatic carbocycles. The summed E-state index contributed by atoms with van der Waals surface area (Å²) >= 11 is 11.4. The van der Waals surface area contributed by atoms with Crippen LogP contribution in [0, 0.1) is 11.8 Å². The van der Waals surface area contributed by atoms with Gasteiger partial charge in [-0.05, 0) is 73.4 Å². The van der Waals surface area contributed by atoms with Crippen molar-refractivity contribution in [3.63, 3.8) is 0 Å². The van der Waals surface area contributed by atoms with Crippen molar-refractivity contribution in [1.29, 1.82) is 0 Å². The Kier molecular flexibility index (Phi) is 10.8. The summed E-state index contributed by atoms with van der Waals surface area (Å²) in [6.45, 7) is -2.45. The highest BCUT2D eigenvalue weighted by Gasteiger charge is 2.28. The Morgan fingerprint density at radius 2 is 1.54 bits per heavy atom. The number of anilines is 1. The lowest BCUT2D eigenvalue weighted by Gasteiger charge is -2.22. The third kappa shape index (κ3) is 9.39. The molecule has 248 valence electrons. The van der Waals surface area contributed by atoms with E-state index in [1.165, 1.54) is 48.8 Å². The van der Waals surface area contributed by atoms with Crippen molar-refractivity contribution in [3.8, 4) is 28.7 Å². The second kappa shape index (κ2) is 14.8. The second-order valence-corrected chi connectivity index (χ2v) is 13.1. The molecule has 1 aromatic heterocycles. The van der Waals surface area contributed by atoms with Gasteiger partial charge in [-0.25, -0.2) is 13.2 Å². The Labute approximate surface area is 274 Å². The molecule has 0 spiro atoms.